The number of hydrogen-bond donors (Lipinski definition) is 2. The first-order valence-electron chi connectivity index (χ1n) is 7.49. The molecule has 0 unspecified atom stereocenters. The van der Waals surface area contributed by atoms with Crippen molar-refractivity contribution in [3.05, 3.63) is 59.7 Å². The van der Waals surface area contributed by atoms with E-state index in [0.717, 1.165) is 11.3 Å². The Morgan fingerprint density at radius 3 is 2.50 bits per heavy atom. The fourth-order valence-electron chi connectivity index (χ4n) is 2.19. The number of rotatable bonds is 5. The molecule has 0 aliphatic carbocycles. The van der Waals surface area contributed by atoms with Gasteiger partial charge in [0.2, 0.25) is 5.91 Å². The summed E-state index contributed by atoms with van der Waals surface area (Å²) >= 11 is 0. The molecule has 2 rings (SSSR count). The Morgan fingerprint density at radius 2 is 1.79 bits per heavy atom. The summed E-state index contributed by atoms with van der Waals surface area (Å²) in [4.78, 5) is 26.0. The maximum absolute atomic E-state index is 12.1. The van der Waals surface area contributed by atoms with Gasteiger partial charge in [-0.1, -0.05) is 24.3 Å². The first-order valence-corrected chi connectivity index (χ1v) is 7.49. The number of para-hydroxylation sites is 1. The molecule has 126 valence electrons. The van der Waals surface area contributed by atoms with Crippen LogP contribution in [0.3, 0.4) is 0 Å². The van der Waals surface area contributed by atoms with E-state index in [9.17, 15) is 9.59 Å². The third-order valence-corrected chi connectivity index (χ3v) is 3.48. The normalized spacial score (nSPS) is 9.96. The predicted molar refractivity (Wildman–Crippen MR) is 93.1 cm³/mol. The van der Waals surface area contributed by atoms with Crippen LogP contribution >= 0.6 is 0 Å². The van der Waals surface area contributed by atoms with Crippen LogP contribution in [0.1, 0.15) is 15.9 Å². The lowest BCUT2D eigenvalue weighted by molar-refractivity contribution is -0.121. The van der Waals surface area contributed by atoms with E-state index in [1.807, 2.05) is 37.2 Å². The van der Waals surface area contributed by atoms with Crippen molar-refractivity contribution in [3.63, 3.8) is 0 Å². The molecule has 2 N–H and O–H groups in total. The van der Waals surface area contributed by atoms with Gasteiger partial charge >= 0.3 is 0 Å². The van der Waals surface area contributed by atoms with E-state index >= 15 is 0 Å². The Bertz CT molecular complexity index is 729. The molecule has 0 saturated heterocycles. The zero-order valence-electron chi connectivity index (χ0n) is 14.0. The summed E-state index contributed by atoms with van der Waals surface area (Å²) in [7, 11) is 5.34. The van der Waals surface area contributed by atoms with Crippen LogP contribution in [0.4, 0.5) is 5.69 Å². The molecule has 2 aromatic carbocycles. The van der Waals surface area contributed by atoms with E-state index in [4.69, 9.17) is 4.74 Å². The molecule has 0 radical (unpaired) electrons. The fourth-order valence-corrected chi connectivity index (χ4v) is 2.19. The largest absolute Gasteiger partial charge is 0.496 e. The Morgan fingerprint density at radius 1 is 1.04 bits per heavy atom. The molecule has 24 heavy (non-hydrogen) atoms. The summed E-state index contributed by atoms with van der Waals surface area (Å²) < 4.78 is 5.20. The van der Waals surface area contributed by atoms with Crippen LogP contribution in [0, 0.1) is 0 Å². The summed E-state index contributed by atoms with van der Waals surface area (Å²) in [5.41, 5.74) is 6.97. The standard InChI is InChI=1S/C18H21N3O3/c1-21(2)15-9-6-8-14(11-15)18(23)20-19-17(22)12-13-7-4-5-10-16(13)24-3/h4-11H,12H2,1-3H3,(H,19,22)(H,20,23). The van der Waals surface area contributed by atoms with Crippen LogP contribution in [0.15, 0.2) is 48.5 Å². The molecule has 0 bridgehead atoms. The molecule has 6 heteroatoms. The second-order valence-corrected chi connectivity index (χ2v) is 5.44. The van der Waals surface area contributed by atoms with Crippen LogP contribution < -0.4 is 20.5 Å². The first kappa shape index (κ1) is 17.3. The third-order valence-electron chi connectivity index (χ3n) is 3.48. The lowest BCUT2D eigenvalue weighted by Crippen LogP contribution is -2.42. The molecule has 6 nitrogen and oxygen atoms in total. The van der Waals surface area contributed by atoms with Gasteiger partial charge in [-0.3, -0.25) is 20.4 Å². The molecule has 0 spiro atoms. The number of benzene rings is 2. The minimum atomic E-state index is -0.368. The van der Waals surface area contributed by atoms with Gasteiger partial charge in [0.15, 0.2) is 0 Å². The van der Waals surface area contributed by atoms with E-state index in [2.05, 4.69) is 10.9 Å². The molecule has 0 aliphatic rings. The van der Waals surface area contributed by atoms with Crippen LogP contribution in [0.2, 0.25) is 0 Å². The van der Waals surface area contributed by atoms with E-state index < -0.39 is 0 Å². The minimum absolute atomic E-state index is 0.113. The van der Waals surface area contributed by atoms with Crippen molar-refractivity contribution in [2.45, 2.75) is 6.42 Å². The quantitative estimate of drug-likeness (QED) is 0.821. The number of anilines is 1. The van der Waals surface area contributed by atoms with Gasteiger partial charge in [-0.25, -0.2) is 0 Å². The number of methoxy groups -OCH3 is 1. The first-order chi connectivity index (χ1) is 11.5. The van der Waals surface area contributed by atoms with Gasteiger partial charge in [0.05, 0.1) is 13.5 Å². The topological polar surface area (TPSA) is 70.7 Å². The molecule has 0 heterocycles. The monoisotopic (exact) mass is 327 g/mol. The van der Waals surface area contributed by atoms with Crippen molar-refractivity contribution in [2.75, 3.05) is 26.1 Å². The minimum Gasteiger partial charge on any atom is -0.496 e. The van der Waals surface area contributed by atoms with E-state index in [1.54, 1.807) is 37.4 Å². The van der Waals surface area contributed by atoms with Crippen molar-refractivity contribution in [1.29, 1.82) is 0 Å². The zero-order chi connectivity index (χ0) is 17.5. The van der Waals surface area contributed by atoms with Gasteiger partial charge in [-0.2, -0.15) is 0 Å². The molecule has 0 saturated carbocycles. The number of hydrazine groups is 1. The number of amides is 2. The van der Waals surface area contributed by atoms with E-state index in [-0.39, 0.29) is 18.2 Å². The number of carbonyl (C=O) groups is 2. The van der Waals surface area contributed by atoms with Crippen molar-refractivity contribution >= 4 is 17.5 Å². The molecule has 0 aromatic heterocycles. The molecular weight excluding hydrogens is 306 g/mol. The molecular formula is C18H21N3O3. The number of nitrogens with zero attached hydrogens (tertiary/aromatic N) is 1. The summed E-state index contributed by atoms with van der Waals surface area (Å²) in [5.74, 6) is -0.0543. The highest BCUT2D eigenvalue weighted by atomic mass is 16.5. The summed E-state index contributed by atoms with van der Waals surface area (Å²) in [6, 6.07) is 14.4. The molecule has 0 fully saturated rings. The molecule has 2 amide bonds. The van der Waals surface area contributed by atoms with Crippen molar-refractivity contribution in [2.24, 2.45) is 0 Å². The van der Waals surface area contributed by atoms with Gasteiger partial charge in [-0.05, 0) is 24.3 Å². The summed E-state index contributed by atoms with van der Waals surface area (Å²) in [6.07, 6.45) is 0.113. The maximum Gasteiger partial charge on any atom is 0.269 e. The zero-order valence-corrected chi connectivity index (χ0v) is 14.0. The Labute approximate surface area is 141 Å². The van der Waals surface area contributed by atoms with Crippen LogP contribution in [-0.4, -0.2) is 33.0 Å². The number of hydrogen-bond acceptors (Lipinski definition) is 4. The fraction of sp³-hybridized carbons (Fsp3) is 0.222. The van der Waals surface area contributed by atoms with Gasteiger partial charge in [-0.15, -0.1) is 0 Å². The van der Waals surface area contributed by atoms with Gasteiger partial charge in [0, 0.05) is 30.9 Å². The average Bonchev–Trinajstić information content (AvgIpc) is 2.60. The third kappa shape index (κ3) is 4.49. The number of ether oxygens (including phenoxy) is 1. The number of nitrogens with one attached hydrogen (secondary N) is 2. The van der Waals surface area contributed by atoms with Crippen LogP contribution in [0.25, 0.3) is 0 Å². The van der Waals surface area contributed by atoms with Crippen molar-refractivity contribution in [1.82, 2.24) is 10.9 Å². The Balaban J connectivity index is 1.94. The molecule has 2 aromatic rings. The van der Waals surface area contributed by atoms with Gasteiger partial charge in [0.25, 0.3) is 5.91 Å². The van der Waals surface area contributed by atoms with E-state index in [0.29, 0.717) is 11.3 Å². The smallest absolute Gasteiger partial charge is 0.269 e. The lowest BCUT2D eigenvalue weighted by Gasteiger charge is -2.14. The van der Waals surface area contributed by atoms with Crippen LogP contribution in [0.5, 0.6) is 5.75 Å². The second kappa shape index (κ2) is 8.01. The van der Waals surface area contributed by atoms with Crippen LogP contribution in [-0.2, 0) is 11.2 Å². The Hall–Kier alpha value is -3.02. The van der Waals surface area contributed by atoms with Crippen molar-refractivity contribution < 1.29 is 14.3 Å². The molecule has 0 atom stereocenters. The summed E-state index contributed by atoms with van der Waals surface area (Å²) in [5, 5.41) is 0. The van der Waals surface area contributed by atoms with Gasteiger partial charge < -0.3 is 9.64 Å². The molecule has 0 aliphatic heterocycles. The van der Waals surface area contributed by atoms with E-state index in [1.165, 1.54) is 0 Å². The van der Waals surface area contributed by atoms with Crippen molar-refractivity contribution in [3.8, 4) is 5.75 Å². The summed E-state index contributed by atoms with van der Waals surface area (Å²) in [6.45, 7) is 0. The lowest BCUT2D eigenvalue weighted by atomic mass is 10.1. The SMILES string of the molecule is COc1ccccc1CC(=O)NNC(=O)c1cccc(N(C)C)c1. The van der Waals surface area contributed by atoms with Gasteiger partial charge in [0.1, 0.15) is 5.75 Å². The second-order valence-electron chi connectivity index (χ2n) is 5.44. The highest BCUT2D eigenvalue weighted by Crippen LogP contribution is 2.17. The highest BCUT2D eigenvalue weighted by molar-refractivity contribution is 5.96. The average molecular weight is 327 g/mol. The highest BCUT2D eigenvalue weighted by Gasteiger charge is 2.11. The maximum atomic E-state index is 12.1. The predicted octanol–water partition coefficient (Wildman–Crippen LogP) is 1.76. The Kier molecular flexibility index (Phi) is 5.78. The number of carbonyl (C=O) groups excluding carboxylic acids is 2.